The fraction of sp³-hybridized carbons (Fsp3) is 0.724. The highest BCUT2D eigenvalue weighted by Gasteiger charge is 2.14. The van der Waals surface area contributed by atoms with E-state index >= 15 is 0 Å². The zero-order valence-corrected chi connectivity index (χ0v) is 22.7. The molecule has 0 saturated carbocycles. The highest BCUT2D eigenvalue weighted by molar-refractivity contribution is 7.80. The molecule has 2 unspecified atom stereocenters. The number of rotatable bonds is 14. The van der Waals surface area contributed by atoms with Crippen molar-refractivity contribution in [2.75, 3.05) is 0 Å². The first-order valence-corrected chi connectivity index (χ1v) is 13.1. The number of thiol groups is 1. The summed E-state index contributed by atoms with van der Waals surface area (Å²) in [6.45, 7) is 18.0. The Hall–Kier alpha value is -0.890. The van der Waals surface area contributed by atoms with Crippen molar-refractivity contribution in [2.24, 2.45) is 17.8 Å². The molecule has 0 heterocycles. The maximum atomic E-state index is 10.3. The molecule has 1 aromatic rings. The van der Waals surface area contributed by atoms with E-state index in [9.17, 15) is 5.11 Å². The highest BCUT2D eigenvalue weighted by atomic mass is 32.1. The molecule has 0 saturated heterocycles. The third-order valence-electron chi connectivity index (χ3n) is 7.24. The van der Waals surface area contributed by atoms with E-state index in [1.165, 1.54) is 80.1 Å². The molecule has 178 valence electrons. The van der Waals surface area contributed by atoms with Crippen molar-refractivity contribution in [1.29, 1.82) is 0 Å². The molecular weight excluding hydrogens is 396 g/mol. The van der Waals surface area contributed by atoms with E-state index in [1.807, 2.05) is 6.92 Å². The van der Waals surface area contributed by atoms with Crippen molar-refractivity contribution in [2.45, 2.75) is 124 Å². The minimum absolute atomic E-state index is 0.343. The first-order valence-electron chi connectivity index (χ1n) is 12.7. The van der Waals surface area contributed by atoms with E-state index in [0.717, 1.165) is 34.6 Å². The average molecular weight is 447 g/mol. The SMILES string of the molecule is CC(=CCc1c(C)c(C)c(C)c(O)c1S)CCCC(C)CCCC(C)CCCC(C)C. The summed E-state index contributed by atoms with van der Waals surface area (Å²) in [5, 5.41) is 10.3. The number of phenols is 1. The largest absolute Gasteiger partial charge is 0.506 e. The summed E-state index contributed by atoms with van der Waals surface area (Å²) < 4.78 is 0. The van der Waals surface area contributed by atoms with Gasteiger partial charge in [-0.2, -0.15) is 0 Å². The van der Waals surface area contributed by atoms with Crippen LogP contribution < -0.4 is 0 Å². The van der Waals surface area contributed by atoms with Crippen molar-refractivity contribution >= 4 is 12.6 Å². The first-order chi connectivity index (χ1) is 14.5. The Morgan fingerprint density at radius 1 is 0.806 bits per heavy atom. The summed E-state index contributed by atoms with van der Waals surface area (Å²) in [4.78, 5) is 0.747. The number of benzene rings is 1. The third-order valence-corrected chi connectivity index (χ3v) is 7.72. The number of phenolic OH excluding ortho intramolecular Hbond substituents is 1. The van der Waals surface area contributed by atoms with Gasteiger partial charge >= 0.3 is 0 Å². The number of hydrogen-bond donors (Lipinski definition) is 2. The van der Waals surface area contributed by atoms with Crippen LogP contribution in [0.3, 0.4) is 0 Å². The second kappa shape index (κ2) is 14.3. The molecule has 0 aliphatic rings. The Morgan fingerprint density at radius 2 is 1.32 bits per heavy atom. The molecule has 0 amide bonds. The van der Waals surface area contributed by atoms with Crippen LogP contribution in [0, 0.1) is 38.5 Å². The van der Waals surface area contributed by atoms with Gasteiger partial charge in [0.25, 0.3) is 0 Å². The van der Waals surface area contributed by atoms with Gasteiger partial charge in [-0.05, 0) is 87.0 Å². The molecular formula is C29H50OS. The van der Waals surface area contributed by atoms with Gasteiger partial charge in [0.2, 0.25) is 0 Å². The van der Waals surface area contributed by atoms with Gasteiger partial charge in [-0.15, -0.1) is 12.6 Å². The minimum Gasteiger partial charge on any atom is -0.506 e. The number of allylic oxidation sites excluding steroid dienone is 2. The van der Waals surface area contributed by atoms with Crippen molar-refractivity contribution in [1.82, 2.24) is 0 Å². The van der Waals surface area contributed by atoms with Crippen LogP contribution in [-0.4, -0.2) is 5.11 Å². The van der Waals surface area contributed by atoms with Crippen LogP contribution in [0.1, 0.15) is 115 Å². The Bertz CT molecular complexity index is 672. The standard InChI is InChI=1S/C29H50OS/c1-20(2)12-9-13-21(3)14-10-15-22(4)16-11-17-23(5)18-19-27-25(7)24(6)26(8)28(30)29(27)31/h18,20-22,30-31H,9-17,19H2,1-8H3. The fourth-order valence-corrected chi connectivity index (χ4v) is 4.95. The van der Waals surface area contributed by atoms with E-state index in [4.69, 9.17) is 0 Å². The summed E-state index contributed by atoms with van der Waals surface area (Å²) in [5.74, 6) is 2.91. The lowest BCUT2D eigenvalue weighted by Crippen LogP contribution is -2.00. The maximum Gasteiger partial charge on any atom is 0.132 e. The van der Waals surface area contributed by atoms with Crippen LogP contribution in [0.25, 0.3) is 0 Å². The van der Waals surface area contributed by atoms with E-state index < -0.39 is 0 Å². The predicted molar refractivity (Wildman–Crippen MR) is 142 cm³/mol. The van der Waals surface area contributed by atoms with Gasteiger partial charge in [0, 0.05) is 0 Å². The van der Waals surface area contributed by atoms with Crippen LogP contribution in [0.15, 0.2) is 16.5 Å². The first kappa shape index (κ1) is 28.1. The van der Waals surface area contributed by atoms with Gasteiger partial charge < -0.3 is 5.11 Å². The third kappa shape index (κ3) is 10.1. The van der Waals surface area contributed by atoms with E-state index in [1.54, 1.807) is 0 Å². The molecule has 31 heavy (non-hydrogen) atoms. The van der Waals surface area contributed by atoms with Crippen molar-refractivity contribution < 1.29 is 5.11 Å². The summed E-state index contributed by atoms with van der Waals surface area (Å²) >= 11 is 4.59. The van der Waals surface area contributed by atoms with Gasteiger partial charge in [0.1, 0.15) is 5.75 Å². The van der Waals surface area contributed by atoms with Gasteiger partial charge in [-0.1, -0.05) is 84.3 Å². The van der Waals surface area contributed by atoms with Crippen molar-refractivity contribution in [3.8, 4) is 5.75 Å². The van der Waals surface area contributed by atoms with Crippen LogP contribution in [0.2, 0.25) is 0 Å². The maximum absolute atomic E-state index is 10.3. The molecule has 1 aromatic carbocycles. The Morgan fingerprint density at radius 3 is 1.87 bits per heavy atom. The molecule has 0 aliphatic heterocycles. The molecule has 0 radical (unpaired) electrons. The Kier molecular flexibility index (Phi) is 13.0. The van der Waals surface area contributed by atoms with Gasteiger partial charge in [-0.3, -0.25) is 0 Å². The van der Waals surface area contributed by atoms with Crippen molar-refractivity contribution in [3.05, 3.63) is 33.9 Å². The van der Waals surface area contributed by atoms with Gasteiger partial charge in [0.05, 0.1) is 4.90 Å². The lowest BCUT2D eigenvalue weighted by Gasteiger charge is -2.16. The Balaban J connectivity index is 2.34. The van der Waals surface area contributed by atoms with Crippen LogP contribution in [-0.2, 0) is 6.42 Å². The zero-order valence-electron chi connectivity index (χ0n) is 21.8. The molecule has 0 aromatic heterocycles. The van der Waals surface area contributed by atoms with E-state index in [0.29, 0.717) is 5.75 Å². The van der Waals surface area contributed by atoms with Crippen LogP contribution in [0.4, 0.5) is 0 Å². The summed E-state index contributed by atoms with van der Waals surface area (Å²) in [6.07, 6.45) is 15.3. The molecule has 0 spiro atoms. The quantitative estimate of drug-likeness (QED) is 0.215. The van der Waals surface area contributed by atoms with Crippen LogP contribution in [0.5, 0.6) is 5.75 Å². The molecule has 2 atom stereocenters. The molecule has 1 N–H and O–H groups in total. The second-order valence-electron chi connectivity index (χ2n) is 10.7. The summed E-state index contributed by atoms with van der Waals surface area (Å²) in [6, 6.07) is 0. The monoisotopic (exact) mass is 446 g/mol. The average Bonchev–Trinajstić information content (AvgIpc) is 2.70. The Labute approximate surface area is 199 Å². The number of aromatic hydroxyl groups is 1. The number of hydrogen-bond acceptors (Lipinski definition) is 2. The molecule has 0 fully saturated rings. The lowest BCUT2D eigenvalue weighted by atomic mass is 9.91. The van der Waals surface area contributed by atoms with Crippen LogP contribution >= 0.6 is 12.6 Å². The topological polar surface area (TPSA) is 20.2 Å². The van der Waals surface area contributed by atoms with Gasteiger partial charge in [0.15, 0.2) is 0 Å². The second-order valence-corrected chi connectivity index (χ2v) is 11.1. The molecule has 1 rings (SSSR count). The summed E-state index contributed by atoms with van der Waals surface area (Å²) in [7, 11) is 0. The molecule has 2 heteroatoms. The minimum atomic E-state index is 0.343. The fourth-order valence-electron chi connectivity index (χ4n) is 4.52. The van der Waals surface area contributed by atoms with E-state index in [-0.39, 0.29) is 0 Å². The molecule has 0 aliphatic carbocycles. The normalized spacial score (nSPS) is 14.3. The van der Waals surface area contributed by atoms with Gasteiger partial charge in [-0.25, -0.2) is 0 Å². The predicted octanol–water partition coefficient (Wildman–Crippen LogP) is 9.53. The molecule has 1 nitrogen and oxygen atoms in total. The van der Waals surface area contributed by atoms with E-state index in [2.05, 4.69) is 67.2 Å². The molecule has 0 bridgehead atoms. The highest BCUT2D eigenvalue weighted by Crippen LogP contribution is 2.35. The smallest absolute Gasteiger partial charge is 0.132 e. The zero-order chi connectivity index (χ0) is 23.6. The lowest BCUT2D eigenvalue weighted by molar-refractivity contribution is 0.389. The van der Waals surface area contributed by atoms with Crippen molar-refractivity contribution in [3.63, 3.8) is 0 Å². The summed E-state index contributed by atoms with van der Waals surface area (Å²) in [5.41, 5.74) is 6.01.